The Morgan fingerprint density at radius 1 is 0.724 bits per heavy atom. The van der Waals surface area contributed by atoms with Gasteiger partial charge in [0.25, 0.3) is 5.91 Å². The molecule has 0 aliphatic rings. The minimum absolute atomic E-state index is 0.0514. The second-order valence-corrected chi connectivity index (χ2v) is 8.07. The quantitative estimate of drug-likeness (QED) is 0.615. The Bertz CT molecular complexity index is 970. The van der Waals surface area contributed by atoms with E-state index in [-0.39, 0.29) is 17.2 Å². The highest BCUT2D eigenvalue weighted by molar-refractivity contribution is 6.04. The highest BCUT2D eigenvalue weighted by Gasteiger charge is 2.14. The van der Waals surface area contributed by atoms with E-state index in [1.54, 1.807) is 24.3 Å². The molecule has 0 radical (unpaired) electrons. The SMILES string of the molecule is CC(C)(C)c1ccc(C(=O)Nc2ccc(NC(=O)Cc3ccccc3)cc2)cc1. The molecule has 0 bridgehead atoms. The van der Waals surface area contributed by atoms with Crippen molar-refractivity contribution in [2.45, 2.75) is 32.6 Å². The first-order valence-electron chi connectivity index (χ1n) is 9.67. The fourth-order valence-corrected chi connectivity index (χ4v) is 2.95. The Labute approximate surface area is 172 Å². The van der Waals surface area contributed by atoms with E-state index in [1.165, 1.54) is 5.56 Å². The van der Waals surface area contributed by atoms with Gasteiger partial charge in [-0.15, -0.1) is 0 Å². The van der Waals surface area contributed by atoms with Crippen LogP contribution in [0.1, 0.15) is 42.3 Å². The van der Waals surface area contributed by atoms with E-state index in [1.807, 2.05) is 54.6 Å². The predicted octanol–water partition coefficient (Wildman–Crippen LogP) is 5.42. The normalized spacial score (nSPS) is 11.0. The van der Waals surface area contributed by atoms with E-state index in [0.29, 0.717) is 23.4 Å². The number of anilines is 2. The molecule has 2 N–H and O–H groups in total. The lowest BCUT2D eigenvalue weighted by Gasteiger charge is -2.19. The smallest absolute Gasteiger partial charge is 0.255 e. The second-order valence-electron chi connectivity index (χ2n) is 8.07. The summed E-state index contributed by atoms with van der Waals surface area (Å²) in [4.78, 5) is 24.6. The molecular weight excluding hydrogens is 360 g/mol. The molecule has 148 valence electrons. The minimum Gasteiger partial charge on any atom is -0.326 e. The molecule has 0 heterocycles. The maximum Gasteiger partial charge on any atom is 0.255 e. The first-order chi connectivity index (χ1) is 13.8. The van der Waals surface area contributed by atoms with Crippen molar-refractivity contribution in [1.29, 1.82) is 0 Å². The van der Waals surface area contributed by atoms with E-state index in [0.717, 1.165) is 5.56 Å². The van der Waals surface area contributed by atoms with Crippen molar-refractivity contribution >= 4 is 23.2 Å². The van der Waals surface area contributed by atoms with Crippen molar-refractivity contribution in [3.63, 3.8) is 0 Å². The summed E-state index contributed by atoms with van der Waals surface area (Å²) in [6, 6.07) is 24.4. The molecule has 3 rings (SSSR count). The van der Waals surface area contributed by atoms with Crippen LogP contribution in [0.25, 0.3) is 0 Å². The van der Waals surface area contributed by atoms with Gasteiger partial charge in [-0.05, 0) is 52.9 Å². The van der Waals surface area contributed by atoms with E-state index in [9.17, 15) is 9.59 Å². The van der Waals surface area contributed by atoms with Crippen LogP contribution in [0.5, 0.6) is 0 Å². The van der Waals surface area contributed by atoms with Crippen LogP contribution in [0.2, 0.25) is 0 Å². The van der Waals surface area contributed by atoms with E-state index < -0.39 is 0 Å². The van der Waals surface area contributed by atoms with Crippen molar-refractivity contribution in [3.05, 3.63) is 95.6 Å². The fourth-order valence-electron chi connectivity index (χ4n) is 2.95. The van der Waals surface area contributed by atoms with Gasteiger partial charge in [0.15, 0.2) is 0 Å². The standard InChI is InChI=1S/C25H26N2O2/c1-25(2,3)20-11-9-19(10-12-20)24(29)27-22-15-13-21(14-16-22)26-23(28)17-18-7-5-4-6-8-18/h4-16H,17H2,1-3H3,(H,26,28)(H,27,29). The summed E-state index contributed by atoms with van der Waals surface area (Å²) in [5.41, 5.74) is 4.18. The third-order valence-electron chi connectivity index (χ3n) is 4.65. The van der Waals surface area contributed by atoms with Gasteiger partial charge in [-0.3, -0.25) is 9.59 Å². The second kappa shape index (κ2) is 8.74. The van der Waals surface area contributed by atoms with E-state index >= 15 is 0 Å². The minimum atomic E-state index is -0.161. The lowest BCUT2D eigenvalue weighted by molar-refractivity contribution is -0.115. The van der Waals surface area contributed by atoms with E-state index in [2.05, 4.69) is 31.4 Å². The van der Waals surface area contributed by atoms with Crippen LogP contribution in [0.4, 0.5) is 11.4 Å². The molecule has 0 saturated carbocycles. The zero-order valence-electron chi connectivity index (χ0n) is 17.0. The molecule has 0 aliphatic heterocycles. The van der Waals surface area contributed by atoms with Crippen molar-refractivity contribution in [2.75, 3.05) is 10.6 Å². The van der Waals surface area contributed by atoms with Crippen LogP contribution in [0.15, 0.2) is 78.9 Å². The number of carbonyl (C=O) groups is 2. The van der Waals surface area contributed by atoms with E-state index in [4.69, 9.17) is 0 Å². The molecule has 4 heteroatoms. The molecule has 0 fully saturated rings. The molecule has 0 atom stereocenters. The third kappa shape index (κ3) is 5.79. The van der Waals surface area contributed by atoms with Crippen molar-refractivity contribution < 1.29 is 9.59 Å². The number of benzene rings is 3. The van der Waals surface area contributed by atoms with Gasteiger partial charge in [0.1, 0.15) is 0 Å². The van der Waals surface area contributed by atoms with Gasteiger partial charge >= 0.3 is 0 Å². The molecule has 0 aromatic heterocycles. The van der Waals surface area contributed by atoms with Crippen LogP contribution in [-0.4, -0.2) is 11.8 Å². The number of nitrogens with one attached hydrogen (secondary N) is 2. The summed E-state index contributed by atoms with van der Waals surface area (Å²) < 4.78 is 0. The Morgan fingerprint density at radius 3 is 1.83 bits per heavy atom. The van der Waals surface area contributed by atoms with Crippen LogP contribution in [0.3, 0.4) is 0 Å². The summed E-state index contributed by atoms with van der Waals surface area (Å²) in [7, 11) is 0. The number of hydrogen-bond acceptors (Lipinski definition) is 2. The first-order valence-corrected chi connectivity index (χ1v) is 9.67. The van der Waals surface area contributed by atoms with Crippen molar-refractivity contribution in [1.82, 2.24) is 0 Å². The van der Waals surface area contributed by atoms with Crippen LogP contribution >= 0.6 is 0 Å². The Kier molecular flexibility index (Phi) is 6.13. The molecule has 29 heavy (non-hydrogen) atoms. The maximum absolute atomic E-state index is 12.5. The Balaban J connectivity index is 1.57. The van der Waals surface area contributed by atoms with Gasteiger partial charge in [-0.2, -0.15) is 0 Å². The molecule has 0 saturated heterocycles. The molecule has 4 nitrogen and oxygen atoms in total. The predicted molar refractivity (Wildman–Crippen MR) is 118 cm³/mol. The highest BCUT2D eigenvalue weighted by atomic mass is 16.2. The molecule has 0 spiro atoms. The van der Waals surface area contributed by atoms with Crippen molar-refractivity contribution in [3.8, 4) is 0 Å². The molecule has 0 unspecified atom stereocenters. The van der Waals surface area contributed by atoms with Gasteiger partial charge < -0.3 is 10.6 Å². The highest BCUT2D eigenvalue weighted by Crippen LogP contribution is 2.22. The number of hydrogen-bond donors (Lipinski definition) is 2. The van der Waals surface area contributed by atoms with Crippen LogP contribution in [0, 0.1) is 0 Å². The molecule has 3 aromatic carbocycles. The topological polar surface area (TPSA) is 58.2 Å². The maximum atomic E-state index is 12.5. The number of rotatable bonds is 5. The first kappa shape index (κ1) is 20.3. The molecular formula is C25H26N2O2. The van der Waals surface area contributed by atoms with Gasteiger partial charge in [0, 0.05) is 16.9 Å². The fraction of sp³-hybridized carbons (Fsp3) is 0.200. The zero-order chi connectivity index (χ0) is 20.9. The summed E-state index contributed by atoms with van der Waals surface area (Å²) in [6.45, 7) is 6.42. The average molecular weight is 386 g/mol. The number of carbonyl (C=O) groups excluding carboxylic acids is 2. The average Bonchev–Trinajstić information content (AvgIpc) is 2.69. The van der Waals surface area contributed by atoms with Crippen molar-refractivity contribution in [2.24, 2.45) is 0 Å². The largest absolute Gasteiger partial charge is 0.326 e. The molecule has 3 aromatic rings. The Morgan fingerprint density at radius 2 is 1.28 bits per heavy atom. The lowest BCUT2D eigenvalue weighted by Crippen LogP contribution is -2.15. The Hall–Kier alpha value is -3.40. The summed E-state index contributed by atoms with van der Waals surface area (Å²) in [5, 5.41) is 5.76. The van der Waals surface area contributed by atoms with Gasteiger partial charge in [0.05, 0.1) is 6.42 Å². The summed E-state index contributed by atoms with van der Waals surface area (Å²) >= 11 is 0. The van der Waals surface area contributed by atoms with Gasteiger partial charge in [-0.1, -0.05) is 63.2 Å². The summed E-state index contributed by atoms with van der Waals surface area (Å²) in [5.74, 6) is -0.238. The summed E-state index contributed by atoms with van der Waals surface area (Å²) in [6.07, 6.45) is 0.323. The number of amides is 2. The van der Waals surface area contributed by atoms with Gasteiger partial charge in [0.2, 0.25) is 5.91 Å². The molecule has 2 amide bonds. The third-order valence-corrected chi connectivity index (χ3v) is 4.65. The zero-order valence-corrected chi connectivity index (χ0v) is 17.0. The van der Waals surface area contributed by atoms with Gasteiger partial charge in [-0.25, -0.2) is 0 Å². The molecule has 0 aliphatic carbocycles. The monoisotopic (exact) mass is 386 g/mol. The van der Waals surface area contributed by atoms with Crippen LogP contribution < -0.4 is 10.6 Å². The van der Waals surface area contributed by atoms with Crippen LogP contribution in [-0.2, 0) is 16.6 Å². The lowest BCUT2D eigenvalue weighted by atomic mass is 9.87.